The fraction of sp³-hybridized carbons (Fsp3) is 0.273. The van der Waals surface area contributed by atoms with Crippen molar-refractivity contribution in [3.05, 3.63) is 53.9 Å². The zero-order chi connectivity index (χ0) is 18.1. The first kappa shape index (κ1) is 17.3. The molecule has 2 aliphatic rings. The van der Waals surface area contributed by atoms with E-state index < -0.39 is 0 Å². The molecule has 2 aromatic rings. The summed E-state index contributed by atoms with van der Waals surface area (Å²) in [4.78, 5) is 12.2. The molecule has 0 amide bonds. The van der Waals surface area contributed by atoms with Crippen molar-refractivity contribution in [1.82, 2.24) is 4.98 Å². The molecule has 4 rings (SSSR count). The van der Waals surface area contributed by atoms with Gasteiger partial charge < -0.3 is 0 Å². The van der Waals surface area contributed by atoms with Crippen LogP contribution in [0.2, 0.25) is 0 Å². The average Bonchev–Trinajstić information content (AvgIpc) is 2.68. The second-order valence-electron chi connectivity index (χ2n) is 6.30. The van der Waals surface area contributed by atoms with Crippen LogP contribution in [-0.2, 0) is 0 Å². The van der Waals surface area contributed by atoms with Crippen molar-refractivity contribution < 1.29 is 0 Å². The maximum atomic E-state index is 5.10. The van der Waals surface area contributed by atoms with Crippen molar-refractivity contribution in [2.75, 3.05) is 24.5 Å². The van der Waals surface area contributed by atoms with Gasteiger partial charge in [-0.25, -0.2) is 0 Å². The van der Waals surface area contributed by atoms with Crippen LogP contribution in [0.5, 0.6) is 0 Å². The van der Waals surface area contributed by atoms with Crippen LogP contribution in [0, 0.1) is 0 Å². The fourth-order valence-electron chi connectivity index (χ4n) is 3.51. The van der Waals surface area contributed by atoms with E-state index in [0.29, 0.717) is 0 Å². The van der Waals surface area contributed by atoms with E-state index in [1.54, 1.807) is 0 Å². The monoisotopic (exact) mass is 409 g/mol. The van der Waals surface area contributed by atoms with Crippen LogP contribution >= 0.6 is 0 Å². The molecule has 0 radical (unpaired) electrons. The molecule has 0 saturated carbocycles. The molecule has 0 N–H and O–H groups in total. The first-order valence-electron chi connectivity index (χ1n) is 9.27. The first-order valence-corrected chi connectivity index (χ1v) is 11.0. The third kappa shape index (κ3) is 2.94. The Balaban J connectivity index is 2.04. The molecule has 1 aliphatic carbocycles. The van der Waals surface area contributed by atoms with Crippen molar-refractivity contribution >= 4 is 40.7 Å². The summed E-state index contributed by atoms with van der Waals surface area (Å²) in [6.45, 7) is 9.32. The predicted octanol–water partition coefficient (Wildman–Crippen LogP) is 4.32. The number of rotatable bonds is 4. The van der Waals surface area contributed by atoms with Gasteiger partial charge in [0, 0.05) is 0 Å². The van der Waals surface area contributed by atoms with E-state index in [4.69, 9.17) is 9.98 Å². The second kappa shape index (κ2) is 7.22. The van der Waals surface area contributed by atoms with E-state index in [1.165, 1.54) is 25.2 Å². The van der Waals surface area contributed by atoms with Crippen molar-refractivity contribution in [3.8, 4) is 10.1 Å². The molecule has 0 unspecified atom stereocenters. The van der Waals surface area contributed by atoms with Crippen LogP contribution in [0.3, 0.4) is 0 Å². The Labute approximate surface area is 160 Å². The van der Waals surface area contributed by atoms with Crippen molar-refractivity contribution in [1.29, 1.82) is 0 Å². The molecule has 2 aromatic carbocycles. The molecule has 3 nitrogen and oxygen atoms in total. The van der Waals surface area contributed by atoms with Gasteiger partial charge in [-0.3, -0.25) is 0 Å². The van der Waals surface area contributed by atoms with E-state index in [1.807, 2.05) is 0 Å². The average molecular weight is 408 g/mol. The van der Waals surface area contributed by atoms with Crippen LogP contribution in [-0.4, -0.2) is 39.1 Å². The van der Waals surface area contributed by atoms with Gasteiger partial charge in [-0.1, -0.05) is 0 Å². The van der Waals surface area contributed by atoms with Gasteiger partial charge in [0.1, 0.15) is 0 Å². The van der Waals surface area contributed by atoms with E-state index >= 15 is 0 Å². The van der Waals surface area contributed by atoms with Crippen LogP contribution in [0.4, 0.5) is 5.69 Å². The number of hydrogen-bond donors (Lipinski definition) is 0. The number of nitrogens with zero attached hydrogens (tertiary/aromatic N) is 3. The Morgan fingerprint density at radius 1 is 0.962 bits per heavy atom. The third-order valence-corrected chi connectivity index (χ3v) is 7.11. The molecule has 0 spiro atoms. The summed E-state index contributed by atoms with van der Waals surface area (Å²) in [7, 11) is 0. The normalized spacial score (nSPS) is 12.3. The van der Waals surface area contributed by atoms with Crippen LogP contribution in [0.15, 0.2) is 53.5 Å². The van der Waals surface area contributed by atoms with E-state index in [-0.39, 0.29) is 14.5 Å². The number of benzene rings is 3. The Morgan fingerprint density at radius 3 is 2.46 bits per heavy atom. The summed E-state index contributed by atoms with van der Waals surface area (Å²) in [5, 5.41) is 3.52. The van der Waals surface area contributed by atoms with E-state index in [9.17, 15) is 0 Å². The maximum absolute atomic E-state index is 5.10. The Hall–Kier alpha value is -2.16. The molecular formula is C22H23N3Se. The Morgan fingerprint density at radius 2 is 1.73 bits per heavy atom. The predicted molar refractivity (Wildman–Crippen MR) is 112 cm³/mol. The first-order chi connectivity index (χ1) is 12.7. The zero-order valence-corrected chi connectivity index (χ0v) is 17.2. The summed E-state index contributed by atoms with van der Waals surface area (Å²) in [6.07, 6.45) is 0. The van der Waals surface area contributed by atoms with Crippen molar-refractivity contribution in [2.24, 2.45) is 4.99 Å². The molecule has 26 heavy (non-hydrogen) atoms. The SMILES string of the molecule is CCN=c1cc2[se]c3ccc(N(CC)CC)cc3nc-2c2ccccc12. The number of anilines is 1. The summed E-state index contributed by atoms with van der Waals surface area (Å²) in [5.41, 5.74) is 3.53. The van der Waals surface area contributed by atoms with Gasteiger partial charge in [-0.05, 0) is 0 Å². The van der Waals surface area contributed by atoms with Crippen molar-refractivity contribution in [2.45, 2.75) is 20.8 Å². The number of hydrogen-bond acceptors (Lipinski definition) is 3. The third-order valence-electron chi connectivity index (χ3n) is 4.81. The van der Waals surface area contributed by atoms with Gasteiger partial charge in [0.25, 0.3) is 0 Å². The van der Waals surface area contributed by atoms with Gasteiger partial charge in [0.15, 0.2) is 0 Å². The molecule has 1 aliphatic heterocycles. The van der Waals surface area contributed by atoms with Crippen LogP contribution < -0.4 is 10.3 Å². The minimum absolute atomic E-state index is 0.260. The summed E-state index contributed by atoms with van der Waals surface area (Å²) >= 11 is 0.260. The molecule has 4 heteroatoms. The van der Waals surface area contributed by atoms with Crippen molar-refractivity contribution in [3.63, 3.8) is 0 Å². The fourth-order valence-corrected chi connectivity index (χ4v) is 5.62. The number of fused-ring (bicyclic) bond motifs is 4. The Bertz CT molecular complexity index is 1110. The second-order valence-corrected chi connectivity index (χ2v) is 8.57. The van der Waals surface area contributed by atoms with Gasteiger partial charge in [0.05, 0.1) is 0 Å². The molecule has 0 atom stereocenters. The molecule has 0 saturated heterocycles. The topological polar surface area (TPSA) is 28.5 Å². The molecule has 0 bridgehead atoms. The van der Waals surface area contributed by atoms with Crippen LogP contribution in [0.25, 0.3) is 30.7 Å². The molecule has 0 fully saturated rings. The molecular weight excluding hydrogens is 385 g/mol. The Kier molecular flexibility index (Phi) is 4.79. The quantitative estimate of drug-likeness (QED) is 0.286. The van der Waals surface area contributed by atoms with Crippen LogP contribution in [0.1, 0.15) is 20.8 Å². The standard InChI is InChI=1S/C22H23N3Se/c1-4-23-18-14-21-22(17-10-8-7-9-16(17)18)24-19-13-15(25(5-2)6-3)11-12-20(19)26-21/h7-14H,4-6H2,1-3H3. The van der Waals surface area contributed by atoms with Gasteiger partial charge in [0.2, 0.25) is 0 Å². The molecule has 132 valence electrons. The van der Waals surface area contributed by atoms with E-state index in [0.717, 1.165) is 36.2 Å². The van der Waals surface area contributed by atoms with Gasteiger partial charge >= 0.3 is 160 Å². The van der Waals surface area contributed by atoms with Gasteiger partial charge in [-0.2, -0.15) is 0 Å². The summed E-state index contributed by atoms with van der Waals surface area (Å²) < 4.78 is 2.70. The zero-order valence-electron chi connectivity index (χ0n) is 15.5. The molecule has 0 aromatic heterocycles. The minimum atomic E-state index is 0.260. The summed E-state index contributed by atoms with van der Waals surface area (Å²) in [5.74, 6) is 0. The van der Waals surface area contributed by atoms with Gasteiger partial charge in [-0.15, -0.1) is 0 Å². The van der Waals surface area contributed by atoms with E-state index in [2.05, 4.69) is 74.2 Å². The molecule has 1 heterocycles. The number of aromatic nitrogens is 1. The summed E-state index contributed by atoms with van der Waals surface area (Å²) in [6, 6.07) is 17.5.